The Balaban J connectivity index is 2.13. The number of carbonyl (C=O) groups is 1. The summed E-state index contributed by atoms with van der Waals surface area (Å²) in [6.07, 6.45) is 0. The molecule has 0 aliphatic carbocycles. The summed E-state index contributed by atoms with van der Waals surface area (Å²) in [6.45, 7) is 1.86. The minimum Gasteiger partial charge on any atom is -0.305 e. The van der Waals surface area contributed by atoms with Crippen molar-refractivity contribution in [3.63, 3.8) is 0 Å². The van der Waals surface area contributed by atoms with Crippen LogP contribution in [0.15, 0.2) is 23.6 Å². The third-order valence-electron chi connectivity index (χ3n) is 1.72. The van der Waals surface area contributed by atoms with Gasteiger partial charge in [0.05, 0.1) is 0 Å². The first-order chi connectivity index (χ1) is 7.25. The van der Waals surface area contributed by atoms with Crippen LogP contribution < -0.4 is 5.32 Å². The van der Waals surface area contributed by atoms with Crippen molar-refractivity contribution >= 4 is 23.3 Å². The summed E-state index contributed by atoms with van der Waals surface area (Å²) in [4.78, 5) is 15.7. The van der Waals surface area contributed by atoms with Gasteiger partial charge >= 0.3 is 0 Å². The predicted octanol–water partition coefficient (Wildman–Crippen LogP) is 1.49. The molecule has 0 saturated carbocycles. The summed E-state index contributed by atoms with van der Waals surface area (Å²) in [5.74, 6) is 0.231. The Labute approximate surface area is 90.3 Å². The van der Waals surface area contributed by atoms with Crippen LogP contribution in [0.4, 0.5) is 5.82 Å². The molecule has 2 rings (SSSR count). The Kier molecular flexibility index (Phi) is 2.68. The average molecular weight is 220 g/mol. The second-order valence-electron chi connectivity index (χ2n) is 2.91. The number of amides is 1. The zero-order chi connectivity index (χ0) is 10.7. The van der Waals surface area contributed by atoms with Crippen LogP contribution in [0.2, 0.25) is 0 Å². The number of rotatable bonds is 2. The summed E-state index contributed by atoms with van der Waals surface area (Å²) in [5, 5.41) is 7.89. The number of aromatic nitrogens is 3. The van der Waals surface area contributed by atoms with Crippen molar-refractivity contribution in [2.75, 3.05) is 5.32 Å². The molecule has 0 aromatic carbocycles. The fourth-order valence-electron chi connectivity index (χ4n) is 1.06. The lowest BCUT2D eigenvalue weighted by molar-refractivity contribution is 0.102. The van der Waals surface area contributed by atoms with Gasteiger partial charge in [-0.25, -0.2) is 4.98 Å². The van der Waals surface area contributed by atoms with Gasteiger partial charge in [-0.2, -0.15) is 0 Å². The second-order valence-corrected chi connectivity index (χ2v) is 3.52. The number of nitrogens with zero attached hydrogens (tertiary/aromatic N) is 3. The van der Waals surface area contributed by atoms with Crippen LogP contribution in [0.3, 0.4) is 0 Å². The molecule has 1 N–H and O–H groups in total. The fraction of sp³-hybridized carbons (Fsp3) is 0.111. The SMILES string of the molecule is Cc1cccc(NC(=O)c2csnn2)n1. The quantitative estimate of drug-likeness (QED) is 0.832. The van der Waals surface area contributed by atoms with E-state index in [1.165, 1.54) is 0 Å². The second kappa shape index (κ2) is 4.14. The highest BCUT2D eigenvalue weighted by atomic mass is 32.1. The summed E-state index contributed by atoms with van der Waals surface area (Å²) >= 11 is 1.14. The molecule has 0 unspecified atom stereocenters. The summed E-state index contributed by atoms with van der Waals surface area (Å²) < 4.78 is 3.61. The van der Waals surface area contributed by atoms with E-state index in [0.29, 0.717) is 11.5 Å². The summed E-state index contributed by atoms with van der Waals surface area (Å²) in [7, 11) is 0. The number of pyridine rings is 1. The Hall–Kier alpha value is -1.82. The smallest absolute Gasteiger partial charge is 0.278 e. The van der Waals surface area contributed by atoms with Crippen LogP contribution in [0.1, 0.15) is 16.2 Å². The van der Waals surface area contributed by atoms with Gasteiger partial charge in [0.2, 0.25) is 0 Å². The molecule has 0 saturated heterocycles. The molecule has 0 bridgehead atoms. The van der Waals surface area contributed by atoms with Gasteiger partial charge in [0.1, 0.15) is 5.82 Å². The highest BCUT2D eigenvalue weighted by Crippen LogP contribution is 2.06. The third kappa shape index (κ3) is 2.35. The van der Waals surface area contributed by atoms with Gasteiger partial charge in [-0.3, -0.25) is 4.79 Å². The zero-order valence-corrected chi connectivity index (χ0v) is 8.78. The normalized spacial score (nSPS) is 9.93. The van der Waals surface area contributed by atoms with E-state index in [0.717, 1.165) is 17.2 Å². The van der Waals surface area contributed by atoms with E-state index >= 15 is 0 Å². The first kappa shape index (κ1) is 9.72. The van der Waals surface area contributed by atoms with E-state index in [4.69, 9.17) is 0 Å². The van der Waals surface area contributed by atoms with E-state index in [1.807, 2.05) is 19.1 Å². The van der Waals surface area contributed by atoms with E-state index in [2.05, 4.69) is 19.9 Å². The molecule has 0 aliphatic rings. The number of anilines is 1. The molecule has 76 valence electrons. The number of hydrogen-bond donors (Lipinski definition) is 1. The maximum Gasteiger partial charge on any atom is 0.278 e. The first-order valence-corrected chi connectivity index (χ1v) is 5.11. The van der Waals surface area contributed by atoms with Gasteiger partial charge in [-0.1, -0.05) is 10.6 Å². The van der Waals surface area contributed by atoms with E-state index in [9.17, 15) is 4.79 Å². The van der Waals surface area contributed by atoms with Crippen molar-refractivity contribution < 1.29 is 4.79 Å². The van der Waals surface area contributed by atoms with Crippen molar-refractivity contribution in [1.82, 2.24) is 14.6 Å². The number of nitrogens with one attached hydrogen (secondary N) is 1. The molecule has 2 heterocycles. The lowest BCUT2D eigenvalue weighted by Crippen LogP contribution is -2.13. The number of carbonyl (C=O) groups excluding carboxylic acids is 1. The number of aryl methyl sites for hydroxylation is 1. The maximum atomic E-state index is 11.5. The summed E-state index contributed by atoms with van der Waals surface area (Å²) in [6, 6.07) is 5.42. The van der Waals surface area contributed by atoms with Gasteiger partial charge < -0.3 is 5.32 Å². The molecular formula is C9H8N4OS. The van der Waals surface area contributed by atoms with Crippen molar-refractivity contribution in [1.29, 1.82) is 0 Å². The maximum absolute atomic E-state index is 11.5. The van der Waals surface area contributed by atoms with Gasteiger partial charge in [0.25, 0.3) is 5.91 Å². The molecule has 2 aromatic heterocycles. The van der Waals surface area contributed by atoms with E-state index < -0.39 is 0 Å². The lowest BCUT2D eigenvalue weighted by Gasteiger charge is -2.01. The van der Waals surface area contributed by atoms with Crippen molar-refractivity contribution in [2.45, 2.75) is 6.92 Å². The van der Waals surface area contributed by atoms with E-state index in [-0.39, 0.29) is 5.91 Å². The molecule has 0 radical (unpaired) electrons. The van der Waals surface area contributed by atoms with Gasteiger partial charge in [-0.15, -0.1) is 5.10 Å². The molecule has 0 atom stereocenters. The molecule has 5 nitrogen and oxygen atoms in total. The predicted molar refractivity (Wildman–Crippen MR) is 56.8 cm³/mol. The minimum absolute atomic E-state index is 0.290. The van der Waals surface area contributed by atoms with Crippen LogP contribution in [-0.2, 0) is 0 Å². The Morgan fingerprint density at radius 1 is 1.47 bits per heavy atom. The fourth-order valence-corrected chi connectivity index (χ4v) is 1.49. The Bertz CT molecular complexity index is 469. The number of hydrogen-bond acceptors (Lipinski definition) is 5. The Morgan fingerprint density at radius 2 is 2.33 bits per heavy atom. The topological polar surface area (TPSA) is 67.8 Å². The highest BCUT2D eigenvalue weighted by Gasteiger charge is 2.09. The molecule has 15 heavy (non-hydrogen) atoms. The molecule has 0 fully saturated rings. The standard InChI is InChI=1S/C9H8N4OS/c1-6-3-2-4-8(10-6)11-9(14)7-5-15-13-12-7/h2-5H,1H3,(H,10,11,14). The Morgan fingerprint density at radius 3 is 3.00 bits per heavy atom. The lowest BCUT2D eigenvalue weighted by atomic mass is 10.3. The van der Waals surface area contributed by atoms with Crippen molar-refractivity contribution in [3.8, 4) is 0 Å². The van der Waals surface area contributed by atoms with Crippen LogP contribution in [0.25, 0.3) is 0 Å². The third-order valence-corrected chi connectivity index (χ3v) is 2.23. The monoisotopic (exact) mass is 220 g/mol. The van der Waals surface area contributed by atoms with Crippen molar-refractivity contribution in [3.05, 3.63) is 35.0 Å². The average Bonchev–Trinajstić information content (AvgIpc) is 2.70. The van der Waals surface area contributed by atoms with Gasteiger partial charge in [0, 0.05) is 11.1 Å². The molecular weight excluding hydrogens is 212 g/mol. The van der Waals surface area contributed by atoms with Crippen LogP contribution >= 0.6 is 11.5 Å². The minimum atomic E-state index is -0.290. The van der Waals surface area contributed by atoms with Crippen LogP contribution in [-0.4, -0.2) is 20.5 Å². The van der Waals surface area contributed by atoms with Crippen LogP contribution in [0.5, 0.6) is 0 Å². The molecule has 1 amide bonds. The highest BCUT2D eigenvalue weighted by molar-refractivity contribution is 7.03. The van der Waals surface area contributed by atoms with Gasteiger partial charge in [-0.05, 0) is 30.6 Å². The largest absolute Gasteiger partial charge is 0.305 e. The molecule has 0 aliphatic heterocycles. The molecule has 6 heteroatoms. The van der Waals surface area contributed by atoms with Gasteiger partial charge in [0.15, 0.2) is 5.69 Å². The van der Waals surface area contributed by atoms with E-state index in [1.54, 1.807) is 11.4 Å². The molecule has 0 spiro atoms. The molecule has 2 aromatic rings. The van der Waals surface area contributed by atoms with Crippen molar-refractivity contribution in [2.24, 2.45) is 0 Å². The summed E-state index contributed by atoms with van der Waals surface area (Å²) in [5.41, 5.74) is 1.16. The van der Waals surface area contributed by atoms with Crippen LogP contribution in [0, 0.1) is 6.92 Å². The first-order valence-electron chi connectivity index (χ1n) is 4.28. The zero-order valence-electron chi connectivity index (χ0n) is 7.97.